The largest absolute Gasteiger partial charge is 0.346 e. The first-order valence-corrected chi connectivity index (χ1v) is 10.6. The van der Waals surface area contributed by atoms with Crippen LogP contribution in [0.2, 0.25) is 0 Å². The van der Waals surface area contributed by atoms with Crippen LogP contribution in [-0.4, -0.2) is 15.9 Å². The molecule has 0 bridgehead atoms. The van der Waals surface area contributed by atoms with Gasteiger partial charge in [-0.05, 0) is 50.1 Å². The average Bonchev–Trinajstić information content (AvgIpc) is 2.80. The molecule has 5 nitrogen and oxygen atoms in total. The standard InChI is InChI=1S/C27H26N4O/c1-18-10-12-21(13-11-18)20(3)30-26(32)23-8-5-9-25(15-23)31-27-28-16-24(17-29-27)22-7-4-6-19(2)14-22/h4-17,20H,1-3H3,(H,30,32)(H,28,29,31)/t20-/m1/s1. The normalized spacial score (nSPS) is 11.6. The van der Waals surface area contributed by atoms with Gasteiger partial charge in [0.15, 0.2) is 0 Å². The number of nitrogens with one attached hydrogen (secondary N) is 2. The fraction of sp³-hybridized carbons (Fsp3) is 0.148. The molecule has 2 N–H and O–H groups in total. The van der Waals surface area contributed by atoms with Crippen molar-refractivity contribution in [2.75, 3.05) is 5.32 Å². The highest BCUT2D eigenvalue weighted by atomic mass is 16.1. The van der Waals surface area contributed by atoms with Crippen molar-refractivity contribution in [3.63, 3.8) is 0 Å². The molecule has 0 fully saturated rings. The van der Waals surface area contributed by atoms with Gasteiger partial charge in [-0.25, -0.2) is 9.97 Å². The maximum absolute atomic E-state index is 12.8. The van der Waals surface area contributed by atoms with E-state index in [2.05, 4.69) is 39.7 Å². The van der Waals surface area contributed by atoms with Gasteiger partial charge in [0.25, 0.3) is 5.91 Å². The maximum atomic E-state index is 12.8. The molecule has 4 aromatic rings. The van der Waals surface area contributed by atoms with E-state index in [0.717, 1.165) is 22.4 Å². The summed E-state index contributed by atoms with van der Waals surface area (Å²) in [6, 6.07) is 23.6. The number of aryl methyl sites for hydroxylation is 2. The highest BCUT2D eigenvalue weighted by molar-refractivity contribution is 5.95. The number of carbonyl (C=O) groups is 1. The van der Waals surface area contributed by atoms with Crippen molar-refractivity contribution in [3.05, 3.63) is 107 Å². The molecule has 3 aromatic carbocycles. The lowest BCUT2D eigenvalue weighted by atomic mass is 10.1. The number of benzene rings is 3. The Hall–Kier alpha value is -3.99. The molecule has 1 heterocycles. The molecule has 5 heteroatoms. The lowest BCUT2D eigenvalue weighted by Crippen LogP contribution is -2.26. The summed E-state index contributed by atoms with van der Waals surface area (Å²) in [5.74, 6) is 0.351. The molecule has 32 heavy (non-hydrogen) atoms. The molecule has 1 aromatic heterocycles. The fourth-order valence-electron chi connectivity index (χ4n) is 3.45. The lowest BCUT2D eigenvalue weighted by molar-refractivity contribution is 0.0940. The van der Waals surface area contributed by atoms with Crippen LogP contribution in [0.4, 0.5) is 11.6 Å². The quantitative estimate of drug-likeness (QED) is 0.400. The molecule has 0 radical (unpaired) electrons. The third kappa shape index (κ3) is 5.19. The summed E-state index contributed by atoms with van der Waals surface area (Å²) in [4.78, 5) is 21.6. The Kier molecular flexibility index (Phi) is 6.26. The summed E-state index contributed by atoms with van der Waals surface area (Å²) >= 11 is 0. The van der Waals surface area contributed by atoms with Crippen molar-refractivity contribution in [3.8, 4) is 11.1 Å². The molecular weight excluding hydrogens is 396 g/mol. The number of nitrogens with zero attached hydrogens (tertiary/aromatic N) is 2. The number of carbonyl (C=O) groups excluding carboxylic acids is 1. The van der Waals surface area contributed by atoms with Crippen LogP contribution < -0.4 is 10.6 Å². The predicted octanol–water partition coefficient (Wildman–Crippen LogP) is 6.00. The summed E-state index contributed by atoms with van der Waals surface area (Å²) in [7, 11) is 0. The number of hydrogen-bond acceptors (Lipinski definition) is 4. The molecule has 1 amide bonds. The van der Waals surface area contributed by atoms with Gasteiger partial charge in [0.1, 0.15) is 0 Å². The molecule has 1 atom stereocenters. The minimum atomic E-state index is -0.127. The number of amides is 1. The van der Waals surface area contributed by atoms with E-state index in [0.29, 0.717) is 11.5 Å². The third-order valence-electron chi connectivity index (χ3n) is 5.31. The molecule has 4 rings (SSSR count). The van der Waals surface area contributed by atoms with Crippen LogP contribution in [0.1, 0.15) is 40.0 Å². The number of rotatable bonds is 6. The number of aromatic nitrogens is 2. The van der Waals surface area contributed by atoms with E-state index in [9.17, 15) is 4.79 Å². The molecule has 160 valence electrons. The van der Waals surface area contributed by atoms with E-state index in [4.69, 9.17) is 0 Å². The maximum Gasteiger partial charge on any atom is 0.251 e. The Morgan fingerprint density at radius 2 is 1.53 bits per heavy atom. The monoisotopic (exact) mass is 422 g/mol. The molecule has 0 spiro atoms. The second-order valence-corrected chi connectivity index (χ2v) is 7.98. The van der Waals surface area contributed by atoms with Crippen molar-refractivity contribution < 1.29 is 4.79 Å². The van der Waals surface area contributed by atoms with E-state index >= 15 is 0 Å². The van der Waals surface area contributed by atoms with E-state index in [-0.39, 0.29) is 11.9 Å². The first-order valence-electron chi connectivity index (χ1n) is 10.6. The predicted molar refractivity (Wildman–Crippen MR) is 129 cm³/mol. The van der Waals surface area contributed by atoms with Gasteiger partial charge in [-0.1, -0.05) is 65.7 Å². The Morgan fingerprint density at radius 1 is 0.812 bits per heavy atom. The molecule has 0 saturated carbocycles. The van der Waals surface area contributed by atoms with E-state index in [1.54, 1.807) is 24.5 Å². The minimum Gasteiger partial charge on any atom is -0.346 e. The van der Waals surface area contributed by atoms with E-state index in [1.165, 1.54) is 11.1 Å². The third-order valence-corrected chi connectivity index (χ3v) is 5.31. The first kappa shape index (κ1) is 21.2. The van der Waals surface area contributed by atoms with Crippen molar-refractivity contribution in [1.29, 1.82) is 0 Å². The summed E-state index contributed by atoms with van der Waals surface area (Å²) in [5, 5.41) is 6.23. The summed E-state index contributed by atoms with van der Waals surface area (Å²) < 4.78 is 0. The molecule has 0 aliphatic carbocycles. The number of anilines is 2. The topological polar surface area (TPSA) is 66.9 Å². The number of hydrogen-bond donors (Lipinski definition) is 2. The Labute approximate surface area is 188 Å². The Morgan fingerprint density at radius 3 is 2.25 bits per heavy atom. The van der Waals surface area contributed by atoms with Crippen LogP contribution in [0.5, 0.6) is 0 Å². The zero-order chi connectivity index (χ0) is 22.5. The fourth-order valence-corrected chi connectivity index (χ4v) is 3.45. The first-order chi connectivity index (χ1) is 15.5. The van der Waals surface area contributed by atoms with E-state index in [1.807, 2.05) is 62.4 Å². The van der Waals surface area contributed by atoms with Crippen LogP contribution >= 0.6 is 0 Å². The Balaban J connectivity index is 1.43. The van der Waals surface area contributed by atoms with Gasteiger partial charge in [0.05, 0.1) is 6.04 Å². The summed E-state index contributed by atoms with van der Waals surface area (Å²) in [5.41, 5.74) is 6.82. The minimum absolute atomic E-state index is 0.0859. The van der Waals surface area contributed by atoms with E-state index < -0.39 is 0 Å². The Bertz CT molecular complexity index is 1220. The van der Waals surface area contributed by atoms with Gasteiger partial charge in [-0.3, -0.25) is 4.79 Å². The van der Waals surface area contributed by atoms with Crippen molar-refractivity contribution in [1.82, 2.24) is 15.3 Å². The zero-order valence-corrected chi connectivity index (χ0v) is 18.5. The molecule has 0 unspecified atom stereocenters. The van der Waals surface area contributed by atoms with Gasteiger partial charge in [-0.2, -0.15) is 0 Å². The lowest BCUT2D eigenvalue weighted by Gasteiger charge is -2.15. The second kappa shape index (κ2) is 9.43. The van der Waals surface area contributed by atoms with Crippen molar-refractivity contribution in [2.45, 2.75) is 26.8 Å². The SMILES string of the molecule is Cc1ccc([C@@H](C)NC(=O)c2cccc(Nc3ncc(-c4cccc(C)c4)cn3)c2)cc1. The highest BCUT2D eigenvalue weighted by Crippen LogP contribution is 2.21. The van der Waals surface area contributed by atoms with Gasteiger partial charge in [-0.15, -0.1) is 0 Å². The van der Waals surface area contributed by atoms with Crippen LogP contribution in [-0.2, 0) is 0 Å². The average molecular weight is 423 g/mol. The van der Waals surface area contributed by atoms with Crippen LogP contribution in [0.25, 0.3) is 11.1 Å². The smallest absolute Gasteiger partial charge is 0.251 e. The summed E-state index contributed by atoms with van der Waals surface area (Å²) in [6.07, 6.45) is 3.59. The molecule has 0 saturated heterocycles. The zero-order valence-electron chi connectivity index (χ0n) is 18.5. The molecule has 0 aliphatic rings. The van der Waals surface area contributed by atoms with Gasteiger partial charge in [0, 0.05) is 29.2 Å². The van der Waals surface area contributed by atoms with Gasteiger partial charge >= 0.3 is 0 Å². The summed E-state index contributed by atoms with van der Waals surface area (Å²) in [6.45, 7) is 6.09. The van der Waals surface area contributed by atoms with Crippen molar-refractivity contribution in [2.24, 2.45) is 0 Å². The highest BCUT2D eigenvalue weighted by Gasteiger charge is 2.12. The van der Waals surface area contributed by atoms with Crippen molar-refractivity contribution >= 4 is 17.5 Å². The van der Waals surface area contributed by atoms with Crippen LogP contribution in [0.15, 0.2) is 85.2 Å². The van der Waals surface area contributed by atoms with Crippen LogP contribution in [0.3, 0.4) is 0 Å². The van der Waals surface area contributed by atoms with Gasteiger partial charge in [0.2, 0.25) is 5.95 Å². The second-order valence-electron chi connectivity index (χ2n) is 7.98. The van der Waals surface area contributed by atoms with Crippen LogP contribution in [0, 0.1) is 13.8 Å². The molecular formula is C27H26N4O. The molecule has 0 aliphatic heterocycles. The van der Waals surface area contributed by atoms with Gasteiger partial charge < -0.3 is 10.6 Å².